The fourth-order valence-corrected chi connectivity index (χ4v) is 6.80. The molecule has 190 valence electrons. The molecule has 0 N–H and O–H groups in total. The third-order valence-electron chi connectivity index (χ3n) is 6.83. The van der Waals surface area contributed by atoms with E-state index in [1.165, 1.54) is 10.4 Å². The van der Waals surface area contributed by atoms with Gasteiger partial charge in [0.15, 0.2) is 0 Å². The van der Waals surface area contributed by atoms with Crippen molar-refractivity contribution in [1.29, 1.82) is 0 Å². The quantitative estimate of drug-likeness (QED) is 0.480. The summed E-state index contributed by atoms with van der Waals surface area (Å²) in [7, 11) is -1.89. The second kappa shape index (κ2) is 10.6. The summed E-state index contributed by atoms with van der Waals surface area (Å²) in [6.45, 7) is 2.01. The molecule has 3 aromatic rings. The third kappa shape index (κ3) is 5.10. The molecule has 2 atom stereocenters. The first kappa shape index (κ1) is 24.7. The number of ether oxygens (including phenoxy) is 1. The van der Waals surface area contributed by atoms with Gasteiger partial charge in [-0.05, 0) is 35.4 Å². The summed E-state index contributed by atoms with van der Waals surface area (Å²) in [5, 5.41) is 0.885. The van der Waals surface area contributed by atoms with Gasteiger partial charge in [0.05, 0.1) is 18.3 Å². The van der Waals surface area contributed by atoms with Crippen LogP contribution in [-0.2, 0) is 21.5 Å². The van der Waals surface area contributed by atoms with Gasteiger partial charge in [0.2, 0.25) is 10.0 Å². The van der Waals surface area contributed by atoms with Crippen LogP contribution in [0.1, 0.15) is 17.2 Å². The maximum absolute atomic E-state index is 14.2. The van der Waals surface area contributed by atoms with Crippen LogP contribution < -0.4 is 9.64 Å². The molecule has 5 rings (SSSR count). The first-order valence-corrected chi connectivity index (χ1v) is 13.5. The second-order valence-electron chi connectivity index (χ2n) is 9.05. The number of piperazine rings is 1. The molecule has 2 fully saturated rings. The average Bonchev–Trinajstić information content (AvgIpc) is 3.31. The molecule has 0 unspecified atom stereocenters. The molecule has 9 heteroatoms. The van der Waals surface area contributed by atoms with E-state index in [2.05, 4.69) is 0 Å². The fourth-order valence-electron chi connectivity index (χ4n) is 4.86. The molecule has 0 saturated carbocycles. The van der Waals surface area contributed by atoms with E-state index >= 15 is 0 Å². The third-order valence-corrected chi connectivity index (χ3v) is 9.07. The van der Waals surface area contributed by atoms with Crippen LogP contribution in [0, 0.1) is 5.82 Å². The van der Waals surface area contributed by atoms with Crippen molar-refractivity contribution in [2.75, 3.05) is 44.7 Å². The largest absolute Gasteiger partial charge is 0.489 e. The molecule has 2 aliphatic rings. The molecule has 2 aliphatic heterocycles. The molecule has 0 spiro atoms. The van der Waals surface area contributed by atoms with Crippen LogP contribution in [0.5, 0.6) is 5.75 Å². The van der Waals surface area contributed by atoms with Gasteiger partial charge in [0.1, 0.15) is 23.4 Å². The van der Waals surface area contributed by atoms with E-state index in [-0.39, 0.29) is 12.4 Å². The number of benzene rings is 3. The van der Waals surface area contributed by atoms with Crippen LogP contribution in [0.2, 0.25) is 0 Å². The highest BCUT2D eigenvalue weighted by atomic mass is 32.2. The standard InChI is InChI=1S/C27H30FN3O4S/c1-29-27(22-11-13-23(14-12-22)34-19-21-7-3-2-4-8-21)26(20-35-29)36(32,33)31-17-15-30(16-18-31)25-10-6-5-9-24(25)28/h2-14,26-27H,15-20H2,1H3/t26-,27-/m1/s1. The first-order chi connectivity index (χ1) is 17.4. The van der Waals surface area contributed by atoms with Crippen LogP contribution in [0.4, 0.5) is 10.1 Å². The molecule has 2 saturated heterocycles. The molecule has 0 radical (unpaired) electrons. The van der Waals surface area contributed by atoms with Gasteiger partial charge in [0.25, 0.3) is 0 Å². The lowest BCUT2D eigenvalue weighted by molar-refractivity contribution is -0.110. The Morgan fingerprint density at radius 3 is 2.28 bits per heavy atom. The maximum Gasteiger partial charge on any atom is 0.221 e. The highest BCUT2D eigenvalue weighted by Gasteiger charge is 2.46. The van der Waals surface area contributed by atoms with Gasteiger partial charge >= 0.3 is 0 Å². The van der Waals surface area contributed by atoms with Crippen molar-refractivity contribution in [1.82, 2.24) is 9.37 Å². The van der Waals surface area contributed by atoms with E-state index in [4.69, 9.17) is 9.57 Å². The summed E-state index contributed by atoms with van der Waals surface area (Å²) in [6.07, 6.45) is 0. The van der Waals surface area contributed by atoms with Gasteiger partial charge in [-0.25, -0.2) is 12.8 Å². The summed E-state index contributed by atoms with van der Waals surface area (Å²) in [5.74, 6) is 0.420. The monoisotopic (exact) mass is 511 g/mol. The van der Waals surface area contributed by atoms with Crippen molar-refractivity contribution in [2.45, 2.75) is 17.9 Å². The van der Waals surface area contributed by atoms with E-state index < -0.39 is 21.3 Å². The zero-order chi connectivity index (χ0) is 25.1. The normalized spacial score (nSPS) is 21.6. The minimum Gasteiger partial charge on any atom is -0.489 e. The van der Waals surface area contributed by atoms with Gasteiger partial charge < -0.3 is 9.64 Å². The topological polar surface area (TPSA) is 62.3 Å². The lowest BCUT2D eigenvalue weighted by Crippen LogP contribution is -2.52. The number of halogens is 1. The Labute approximate surface area is 211 Å². The van der Waals surface area contributed by atoms with Gasteiger partial charge in [0, 0.05) is 33.2 Å². The van der Waals surface area contributed by atoms with Crippen LogP contribution in [-0.4, -0.2) is 62.9 Å². The van der Waals surface area contributed by atoms with Crippen LogP contribution in [0.25, 0.3) is 0 Å². The van der Waals surface area contributed by atoms with Crippen LogP contribution in [0.3, 0.4) is 0 Å². The number of hydrogen-bond acceptors (Lipinski definition) is 6. The van der Waals surface area contributed by atoms with Gasteiger partial charge in [-0.2, -0.15) is 9.37 Å². The Hall–Kier alpha value is -2.98. The van der Waals surface area contributed by atoms with Crippen LogP contribution in [0.15, 0.2) is 78.9 Å². The smallest absolute Gasteiger partial charge is 0.221 e. The molecular formula is C27H30FN3O4S. The highest BCUT2D eigenvalue weighted by Crippen LogP contribution is 2.36. The number of rotatable bonds is 7. The van der Waals surface area contributed by atoms with E-state index in [1.807, 2.05) is 59.5 Å². The van der Waals surface area contributed by atoms with E-state index in [1.54, 1.807) is 30.3 Å². The molecule has 0 aromatic heterocycles. The molecule has 0 bridgehead atoms. The molecule has 2 heterocycles. The Morgan fingerprint density at radius 1 is 0.917 bits per heavy atom. The van der Waals surface area contributed by atoms with Crippen LogP contribution >= 0.6 is 0 Å². The average molecular weight is 512 g/mol. The van der Waals surface area contributed by atoms with Crippen molar-refractivity contribution in [3.05, 3.63) is 95.8 Å². The lowest BCUT2D eigenvalue weighted by Gasteiger charge is -2.37. The Kier molecular flexibility index (Phi) is 7.25. The second-order valence-corrected chi connectivity index (χ2v) is 11.2. The number of hydroxylamine groups is 2. The zero-order valence-electron chi connectivity index (χ0n) is 20.2. The van der Waals surface area contributed by atoms with Crippen molar-refractivity contribution >= 4 is 15.7 Å². The minimum atomic E-state index is -3.65. The van der Waals surface area contributed by atoms with Crippen molar-refractivity contribution in [2.24, 2.45) is 0 Å². The molecular weight excluding hydrogens is 481 g/mol. The predicted molar refractivity (Wildman–Crippen MR) is 137 cm³/mol. The van der Waals surface area contributed by atoms with Crippen molar-refractivity contribution < 1.29 is 22.4 Å². The number of para-hydroxylation sites is 1. The molecule has 3 aromatic carbocycles. The Bertz CT molecular complexity index is 1270. The molecule has 0 amide bonds. The van der Waals surface area contributed by atoms with E-state index in [9.17, 15) is 12.8 Å². The molecule has 0 aliphatic carbocycles. The summed E-state index contributed by atoms with van der Waals surface area (Å²) in [6, 6.07) is 23.6. The number of sulfonamides is 1. The number of hydrogen-bond donors (Lipinski definition) is 0. The fraction of sp³-hybridized carbons (Fsp3) is 0.333. The van der Waals surface area contributed by atoms with Crippen molar-refractivity contribution in [3.63, 3.8) is 0 Å². The summed E-state index contributed by atoms with van der Waals surface area (Å²) in [5.41, 5.74) is 2.43. The Morgan fingerprint density at radius 2 is 1.58 bits per heavy atom. The minimum absolute atomic E-state index is 0.0866. The number of nitrogens with zero attached hydrogens (tertiary/aromatic N) is 3. The Balaban J connectivity index is 1.26. The zero-order valence-corrected chi connectivity index (χ0v) is 21.0. The lowest BCUT2D eigenvalue weighted by atomic mass is 10.0. The molecule has 7 nitrogen and oxygen atoms in total. The summed E-state index contributed by atoms with van der Waals surface area (Å²) in [4.78, 5) is 7.58. The maximum atomic E-state index is 14.2. The SMILES string of the molecule is CN1OC[C@@H](S(=O)(=O)N2CCN(c3ccccc3F)CC2)[C@H]1c1ccc(OCc2ccccc2)cc1. The predicted octanol–water partition coefficient (Wildman–Crippen LogP) is 3.84. The van der Waals surface area contributed by atoms with Gasteiger partial charge in [-0.3, -0.25) is 4.84 Å². The summed E-state index contributed by atoms with van der Waals surface area (Å²) >= 11 is 0. The highest BCUT2D eigenvalue weighted by molar-refractivity contribution is 7.89. The van der Waals surface area contributed by atoms with E-state index in [0.717, 1.165) is 11.1 Å². The van der Waals surface area contributed by atoms with Gasteiger partial charge in [-0.1, -0.05) is 54.6 Å². The molecule has 36 heavy (non-hydrogen) atoms. The van der Waals surface area contributed by atoms with Gasteiger partial charge in [-0.15, -0.1) is 0 Å². The first-order valence-electron chi connectivity index (χ1n) is 12.0. The summed E-state index contributed by atoms with van der Waals surface area (Å²) < 4.78 is 48.9. The van der Waals surface area contributed by atoms with E-state index in [0.29, 0.717) is 44.2 Å². The van der Waals surface area contributed by atoms with Crippen molar-refractivity contribution in [3.8, 4) is 5.75 Å². The number of anilines is 1.